The van der Waals surface area contributed by atoms with E-state index in [4.69, 9.17) is 0 Å². The first-order chi connectivity index (χ1) is 8.56. The number of aromatic nitrogens is 1. The first-order valence-corrected chi connectivity index (χ1v) is 5.75. The zero-order valence-electron chi connectivity index (χ0n) is 10.5. The van der Waals surface area contributed by atoms with Gasteiger partial charge in [-0.15, -0.1) is 0 Å². The van der Waals surface area contributed by atoms with E-state index in [0.717, 1.165) is 11.1 Å². The van der Waals surface area contributed by atoms with Crippen LogP contribution >= 0.6 is 0 Å². The number of benzene rings is 1. The van der Waals surface area contributed by atoms with E-state index in [-0.39, 0.29) is 11.7 Å². The van der Waals surface area contributed by atoms with E-state index in [2.05, 4.69) is 5.32 Å². The highest BCUT2D eigenvalue weighted by atomic mass is 16.3. The summed E-state index contributed by atoms with van der Waals surface area (Å²) in [6.07, 6.45) is 3.86. The van der Waals surface area contributed by atoms with Crippen LogP contribution in [0.4, 0.5) is 0 Å². The molecule has 0 saturated heterocycles. The molecule has 4 nitrogen and oxygen atoms in total. The van der Waals surface area contributed by atoms with Crippen LogP contribution in [0.15, 0.2) is 36.7 Å². The monoisotopic (exact) mass is 244 g/mol. The molecule has 0 spiro atoms. The molecule has 1 aromatic carbocycles. The van der Waals surface area contributed by atoms with Crippen LogP contribution < -0.4 is 5.32 Å². The van der Waals surface area contributed by atoms with Crippen molar-refractivity contribution in [2.75, 3.05) is 0 Å². The van der Waals surface area contributed by atoms with Crippen molar-refractivity contribution in [2.24, 2.45) is 7.05 Å². The van der Waals surface area contributed by atoms with Crippen LogP contribution in [0.25, 0.3) is 0 Å². The van der Waals surface area contributed by atoms with E-state index < -0.39 is 0 Å². The van der Waals surface area contributed by atoms with Gasteiger partial charge in [0.1, 0.15) is 5.75 Å². The average Bonchev–Trinajstić information content (AvgIpc) is 2.75. The average molecular weight is 244 g/mol. The molecule has 2 rings (SSSR count). The number of nitrogens with one attached hydrogen (secondary N) is 1. The molecular formula is C14H16N2O2. The molecule has 0 aliphatic heterocycles. The molecule has 0 bridgehead atoms. The molecule has 0 saturated carbocycles. The Labute approximate surface area is 106 Å². The summed E-state index contributed by atoms with van der Waals surface area (Å²) in [6, 6.07) is 6.92. The summed E-state index contributed by atoms with van der Waals surface area (Å²) >= 11 is 0. The zero-order chi connectivity index (χ0) is 13.1. The maximum Gasteiger partial charge on any atom is 0.255 e. The van der Waals surface area contributed by atoms with E-state index in [1.165, 1.54) is 6.07 Å². The lowest BCUT2D eigenvalue weighted by molar-refractivity contribution is 0.0948. The molecule has 94 valence electrons. The Morgan fingerprint density at radius 1 is 1.39 bits per heavy atom. The van der Waals surface area contributed by atoms with E-state index in [1.54, 1.807) is 12.1 Å². The Balaban J connectivity index is 2.05. The quantitative estimate of drug-likeness (QED) is 0.867. The van der Waals surface area contributed by atoms with Crippen molar-refractivity contribution in [1.82, 2.24) is 9.88 Å². The summed E-state index contributed by atoms with van der Waals surface area (Å²) in [5.74, 6) is -0.258. The molecule has 2 aromatic rings. The summed E-state index contributed by atoms with van der Waals surface area (Å²) in [5.41, 5.74) is 2.28. The van der Waals surface area contributed by atoms with Crippen molar-refractivity contribution in [3.8, 4) is 5.75 Å². The number of aromatic hydroxyl groups is 1. The van der Waals surface area contributed by atoms with E-state index in [9.17, 15) is 9.90 Å². The number of amides is 1. The maximum absolute atomic E-state index is 11.9. The predicted octanol–water partition coefficient (Wildman–Crippen LogP) is 1.97. The molecule has 0 fully saturated rings. The van der Waals surface area contributed by atoms with E-state index in [1.807, 2.05) is 37.0 Å². The SMILES string of the molecule is Cc1ccc(O)c(C(=O)NCc2ccn(C)c2)c1. The number of carbonyl (C=O) groups is 1. The number of phenolic OH excluding ortho intramolecular Hbond substituents is 1. The molecule has 0 unspecified atom stereocenters. The highest BCUT2D eigenvalue weighted by molar-refractivity contribution is 5.96. The van der Waals surface area contributed by atoms with Gasteiger partial charge in [0, 0.05) is 26.0 Å². The molecule has 1 heterocycles. The van der Waals surface area contributed by atoms with Gasteiger partial charge in [0.15, 0.2) is 0 Å². The van der Waals surface area contributed by atoms with Crippen LogP contribution in [-0.4, -0.2) is 15.6 Å². The number of phenols is 1. The first kappa shape index (κ1) is 12.2. The molecule has 2 N–H and O–H groups in total. The van der Waals surface area contributed by atoms with Crippen molar-refractivity contribution in [1.29, 1.82) is 0 Å². The highest BCUT2D eigenvalue weighted by Gasteiger charge is 2.10. The van der Waals surface area contributed by atoms with Crippen molar-refractivity contribution < 1.29 is 9.90 Å². The molecule has 1 aromatic heterocycles. The first-order valence-electron chi connectivity index (χ1n) is 5.75. The Hall–Kier alpha value is -2.23. The topological polar surface area (TPSA) is 54.3 Å². The number of nitrogens with zero attached hydrogens (tertiary/aromatic N) is 1. The van der Waals surface area contributed by atoms with Gasteiger partial charge in [-0.3, -0.25) is 4.79 Å². The third kappa shape index (κ3) is 2.71. The lowest BCUT2D eigenvalue weighted by Crippen LogP contribution is -2.22. The van der Waals surface area contributed by atoms with Gasteiger partial charge in [0.25, 0.3) is 5.91 Å². The van der Waals surface area contributed by atoms with Gasteiger partial charge in [-0.2, -0.15) is 0 Å². The van der Waals surface area contributed by atoms with Gasteiger partial charge >= 0.3 is 0 Å². The molecule has 0 atom stereocenters. The number of aryl methyl sites for hydroxylation is 2. The number of hydrogen-bond acceptors (Lipinski definition) is 2. The Bertz CT molecular complexity index is 573. The minimum absolute atomic E-state index is 0.00571. The second kappa shape index (κ2) is 4.96. The Kier molecular flexibility index (Phi) is 3.37. The van der Waals surface area contributed by atoms with Crippen LogP contribution in [-0.2, 0) is 13.6 Å². The van der Waals surface area contributed by atoms with Crippen LogP contribution in [0.2, 0.25) is 0 Å². The summed E-state index contributed by atoms with van der Waals surface area (Å²) in [4.78, 5) is 11.9. The normalized spacial score (nSPS) is 10.3. The molecule has 0 radical (unpaired) electrons. The number of rotatable bonds is 3. The summed E-state index contributed by atoms with van der Waals surface area (Å²) < 4.78 is 1.92. The fourth-order valence-corrected chi connectivity index (χ4v) is 1.77. The molecule has 0 aliphatic rings. The maximum atomic E-state index is 11.9. The second-order valence-corrected chi connectivity index (χ2v) is 4.39. The fraction of sp³-hybridized carbons (Fsp3) is 0.214. The highest BCUT2D eigenvalue weighted by Crippen LogP contribution is 2.18. The second-order valence-electron chi connectivity index (χ2n) is 4.39. The van der Waals surface area contributed by atoms with Gasteiger partial charge in [-0.05, 0) is 30.7 Å². The standard InChI is InChI=1S/C14H16N2O2/c1-10-3-4-13(17)12(7-10)14(18)15-8-11-5-6-16(2)9-11/h3-7,9,17H,8H2,1-2H3,(H,15,18). The minimum atomic E-state index is -0.264. The predicted molar refractivity (Wildman–Crippen MR) is 69.4 cm³/mol. The van der Waals surface area contributed by atoms with Gasteiger partial charge in [0.2, 0.25) is 0 Å². The summed E-state index contributed by atoms with van der Waals surface area (Å²) in [6.45, 7) is 2.33. The van der Waals surface area contributed by atoms with E-state index in [0.29, 0.717) is 12.1 Å². The molecule has 1 amide bonds. The number of hydrogen-bond donors (Lipinski definition) is 2. The molecule has 18 heavy (non-hydrogen) atoms. The van der Waals surface area contributed by atoms with Gasteiger partial charge < -0.3 is 15.0 Å². The number of carbonyl (C=O) groups excluding carboxylic acids is 1. The Morgan fingerprint density at radius 2 is 2.17 bits per heavy atom. The van der Waals surface area contributed by atoms with Crippen LogP contribution in [0.1, 0.15) is 21.5 Å². The van der Waals surface area contributed by atoms with Crippen molar-refractivity contribution in [2.45, 2.75) is 13.5 Å². The lowest BCUT2D eigenvalue weighted by atomic mass is 10.1. The molecule has 0 aliphatic carbocycles. The van der Waals surface area contributed by atoms with Crippen LogP contribution in [0, 0.1) is 6.92 Å². The lowest BCUT2D eigenvalue weighted by Gasteiger charge is -2.06. The fourth-order valence-electron chi connectivity index (χ4n) is 1.77. The van der Waals surface area contributed by atoms with Crippen molar-refractivity contribution >= 4 is 5.91 Å². The van der Waals surface area contributed by atoms with Crippen molar-refractivity contribution in [3.63, 3.8) is 0 Å². The van der Waals surface area contributed by atoms with E-state index >= 15 is 0 Å². The minimum Gasteiger partial charge on any atom is -0.507 e. The van der Waals surface area contributed by atoms with Gasteiger partial charge in [-0.1, -0.05) is 11.6 Å². The van der Waals surface area contributed by atoms with Crippen molar-refractivity contribution in [3.05, 3.63) is 53.3 Å². The van der Waals surface area contributed by atoms with Gasteiger partial charge in [-0.25, -0.2) is 0 Å². The van der Waals surface area contributed by atoms with Gasteiger partial charge in [0.05, 0.1) is 5.56 Å². The van der Waals surface area contributed by atoms with Crippen LogP contribution in [0.5, 0.6) is 5.75 Å². The summed E-state index contributed by atoms with van der Waals surface area (Å²) in [5, 5.41) is 12.4. The van der Waals surface area contributed by atoms with Crippen LogP contribution in [0.3, 0.4) is 0 Å². The Morgan fingerprint density at radius 3 is 2.83 bits per heavy atom. The third-order valence-corrected chi connectivity index (χ3v) is 2.74. The molecular weight excluding hydrogens is 228 g/mol. The largest absolute Gasteiger partial charge is 0.507 e. The smallest absolute Gasteiger partial charge is 0.255 e. The zero-order valence-corrected chi connectivity index (χ0v) is 10.5. The molecule has 4 heteroatoms. The summed E-state index contributed by atoms with van der Waals surface area (Å²) in [7, 11) is 1.93. The third-order valence-electron chi connectivity index (χ3n) is 2.74.